The second kappa shape index (κ2) is 8.77. The zero-order chi connectivity index (χ0) is 16.5. The van der Waals surface area contributed by atoms with Crippen molar-refractivity contribution < 1.29 is 10.0 Å². The molecule has 0 saturated carbocycles. The van der Waals surface area contributed by atoms with E-state index in [1.807, 2.05) is 54.6 Å². The molecule has 1 amide bonds. The smallest absolute Gasteiger partial charge is 0.255 e. The Kier molecular flexibility index (Phi) is 6.40. The van der Waals surface area contributed by atoms with Gasteiger partial charge in [-0.25, -0.2) is 5.48 Å². The van der Waals surface area contributed by atoms with Gasteiger partial charge < -0.3 is 0 Å². The highest BCUT2D eigenvalue weighted by Crippen LogP contribution is 2.25. The molecular formula is C20H21NO2. The van der Waals surface area contributed by atoms with Crippen molar-refractivity contribution in [3.05, 3.63) is 71.3 Å². The lowest BCUT2D eigenvalue weighted by atomic mass is 9.90. The zero-order valence-corrected chi connectivity index (χ0v) is 13.3. The average Bonchev–Trinajstić information content (AvgIpc) is 2.61. The maximum Gasteiger partial charge on any atom is 0.255 e. The summed E-state index contributed by atoms with van der Waals surface area (Å²) in [6.45, 7) is 2.15. The summed E-state index contributed by atoms with van der Waals surface area (Å²) in [6.07, 6.45) is 3.15. The van der Waals surface area contributed by atoms with E-state index < -0.39 is 11.8 Å². The van der Waals surface area contributed by atoms with Gasteiger partial charge in [-0.1, -0.05) is 67.6 Å². The molecule has 0 bridgehead atoms. The van der Waals surface area contributed by atoms with E-state index in [9.17, 15) is 4.79 Å². The van der Waals surface area contributed by atoms with E-state index >= 15 is 0 Å². The van der Waals surface area contributed by atoms with Crippen LogP contribution in [0.1, 0.15) is 48.8 Å². The monoisotopic (exact) mass is 307 g/mol. The Bertz CT molecular complexity index is 681. The van der Waals surface area contributed by atoms with Gasteiger partial charge in [-0.15, -0.1) is 0 Å². The molecule has 2 rings (SSSR count). The minimum absolute atomic E-state index is 0.446. The third-order valence-electron chi connectivity index (χ3n) is 3.64. The van der Waals surface area contributed by atoms with Gasteiger partial charge in [-0.05, 0) is 29.7 Å². The van der Waals surface area contributed by atoms with E-state index in [-0.39, 0.29) is 0 Å². The summed E-state index contributed by atoms with van der Waals surface area (Å²) in [5.41, 5.74) is 4.34. The number of amides is 1. The van der Waals surface area contributed by atoms with Crippen LogP contribution < -0.4 is 5.48 Å². The van der Waals surface area contributed by atoms with Gasteiger partial charge in [0, 0.05) is 12.0 Å². The normalized spacial score (nSPS) is 11.2. The molecule has 0 aromatic heterocycles. The molecule has 2 N–H and O–H groups in total. The molecule has 3 heteroatoms. The molecule has 0 spiro atoms. The fraction of sp³-hybridized carbons (Fsp3) is 0.250. The van der Waals surface area contributed by atoms with Gasteiger partial charge in [-0.3, -0.25) is 10.0 Å². The summed E-state index contributed by atoms with van der Waals surface area (Å²) in [5, 5.41) is 9.03. The molecule has 0 fully saturated rings. The van der Waals surface area contributed by atoms with Gasteiger partial charge in [0.05, 0.1) is 5.92 Å². The van der Waals surface area contributed by atoms with Crippen LogP contribution in [0, 0.1) is 11.8 Å². The predicted molar refractivity (Wildman–Crippen MR) is 91.1 cm³/mol. The molecule has 0 aliphatic heterocycles. The second-order valence-electron chi connectivity index (χ2n) is 5.35. The quantitative estimate of drug-likeness (QED) is 0.381. The zero-order valence-electron chi connectivity index (χ0n) is 13.3. The SMILES string of the molecule is CCCCC#Cc1ccc(C(C(=O)NO)c2ccccc2)cc1. The molecule has 1 unspecified atom stereocenters. The second-order valence-corrected chi connectivity index (χ2v) is 5.35. The number of rotatable bonds is 5. The highest BCUT2D eigenvalue weighted by Gasteiger charge is 2.21. The summed E-state index contributed by atoms with van der Waals surface area (Å²) >= 11 is 0. The molecule has 0 heterocycles. The van der Waals surface area contributed by atoms with E-state index in [2.05, 4.69) is 18.8 Å². The van der Waals surface area contributed by atoms with Crippen molar-refractivity contribution in [1.29, 1.82) is 0 Å². The molecule has 0 aliphatic carbocycles. The highest BCUT2D eigenvalue weighted by molar-refractivity contribution is 5.86. The number of benzene rings is 2. The summed E-state index contributed by atoms with van der Waals surface area (Å²) in [7, 11) is 0. The predicted octanol–water partition coefficient (Wildman–Crippen LogP) is 3.87. The van der Waals surface area contributed by atoms with Gasteiger partial charge in [0.2, 0.25) is 0 Å². The third-order valence-corrected chi connectivity index (χ3v) is 3.64. The van der Waals surface area contributed by atoms with Gasteiger partial charge in [0.15, 0.2) is 0 Å². The number of carbonyl (C=O) groups excluding carboxylic acids is 1. The summed E-state index contributed by atoms with van der Waals surface area (Å²) < 4.78 is 0. The largest absolute Gasteiger partial charge is 0.289 e. The van der Waals surface area contributed by atoms with Crippen LogP contribution in [0.4, 0.5) is 0 Å². The van der Waals surface area contributed by atoms with Gasteiger partial charge in [0.1, 0.15) is 0 Å². The van der Waals surface area contributed by atoms with Gasteiger partial charge in [-0.2, -0.15) is 0 Å². The number of hydrogen-bond donors (Lipinski definition) is 2. The Morgan fingerprint density at radius 3 is 2.35 bits per heavy atom. The van der Waals surface area contributed by atoms with E-state index in [4.69, 9.17) is 5.21 Å². The number of unbranched alkanes of at least 4 members (excludes halogenated alkanes) is 2. The van der Waals surface area contributed by atoms with Gasteiger partial charge >= 0.3 is 0 Å². The van der Waals surface area contributed by atoms with Crippen LogP contribution in [0.2, 0.25) is 0 Å². The first kappa shape index (κ1) is 16.8. The first-order valence-corrected chi connectivity index (χ1v) is 7.84. The fourth-order valence-electron chi connectivity index (χ4n) is 2.39. The molecule has 1 atom stereocenters. The number of carbonyl (C=O) groups is 1. The van der Waals surface area contributed by atoms with Crippen molar-refractivity contribution in [1.82, 2.24) is 5.48 Å². The van der Waals surface area contributed by atoms with Crippen LogP contribution in [-0.4, -0.2) is 11.1 Å². The van der Waals surface area contributed by atoms with E-state index in [1.165, 1.54) is 0 Å². The molecule has 0 radical (unpaired) electrons. The van der Waals surface area contributed by atoms with Crippen LogP contribution in [0.5, 0.6) is 0 Å². The Labute approximate surface area is 137 Å². The number of nitrogens with one attached hydrogen (secondary N) is 1. The molecule has 2 aromatic carbocycles. The van der Waals surface area contributed by atoms with Crippen LogP contribution in [-0.2, 0) is 4.79 Å². The minimum atomic E-state index is -0.539. The fourth-order valence-corrected chi connectivity index (χ4v) is 2.39. The van der Waals surface area contributed by atoms with Crippen LogP contribution in [0.3, 0.4) is 0 Å². The third kappa shape index (κ3) is 4.70. The van der Waals surface area contributed by atoms with Crippen LogP contribution >= 0.6 is 0 Å². The number of hydrogen-bond acceptors (Lipinski definition) is 2. The van der Waals surface area contributed by atoms with Crippen molar-refractivity contribution >= 4 is 5.91 Å². The van der Waals surface area contributed by atoms with Crippen molar-refractivity contribution in [3.8, 4) is 11.8 Å². The summed E-state index contributed by atoms with van der Waals surface area (Å²) in [6, 6.07) is 17.0. The number of hydroxylamine groups is 1. The molecule has 0 aliphatic rings. The minimum Gasteiger partial charge on any atom is -0.289 e. The summed E-state index contributed by atoms with van der Waals surface area (Å²) in [4.78, 5) is 12.1. The molecule has 3 nitrogen and oxygen atoms in total. The lowest BCUT2D eigenvalue weighted by molar-refractivity contribution is -0.129. The first-order chi connectivity index (χ1) is 11.3. The van der Waals surface area contributed by atoms with E-state index in [1.54, 1.807) is 5.48 Å². The Balaban J connectivity index is 2.23. The Morgan fingerprint density at radius 2 is 1.74 bits per heavy atom. The summed E-state index contributed by atoms with van der Waals surface area (Å²) in [5.74, 6) is 5.29. The molecule has 118 valence electrons. The maximum atomic E-state index is 12.1. The van der Waals surface area contributed by atoms with E-state index in [0.717, 1.165) is 36.0 Å². The van der Waals surface area contributed by atoms with Gasteiger partial charge in [0.25, 0.3) is 5.91 Å². The lowest BCUT2D eigenvalue weighted by Crippen LogP contribution is -2.27. The Hall–Kier alpha value is -2.57. The van der Waals surface area contributed by atoms with Crippen molar-refractivity contribution in [3.63, 3.8) is 0 Å². The standard InChI is InChI=1S/C20H21NO2/c1-2-3-4-6-9-16-12-14-18(15-13-16)19(20(22)21-23)17-10-7-5-8-11-17/h5,7-8,10-15,19,23H,2-4H2,1H3,(H,21,22). The van der Waals surface area contributed by atoms with Crippen LogP contribution in [0.25, 0.3) is 0 Å². The molecule has 23 heavy (non-hydrogen) atoms. The highest BCUT2D eigenvalue weighted by atomic mass is 16.5. The van der Waals surface area contributed by atoms with Crippen molar-refractivity contribution in [2.45, 2.75) is 32.1 Å². The van der Waals surface area contributed by atoms with Crippen molar-refractivity contribution in [2.24, 2.45) is 0 Å². The molecular weight excluding hydrogens is 286 g/mol. The molecule has 0 saturated heterocycles. The maximum absolute atomic E-state index is 12.1. The van der Waals surface area contributed by atoms with Crippen molar-refractivity contribution in [2.75, 3.05) is 0 Å². The Morgan fingerprint density at radius 1 is 1.09 bits per heavy atom. The van der Waals surface area contributed by atoms with E-state index in [0.29, 0.717) is 0 Å². The average molecular weight is 307 g/mol. The molecule has 2 aromatic rings. The topological polar surface area (TPSA) is 49.3 Å². The van der Waals surface area contributed by atoms with Crippen LogP contribution in [0.15, 0.2) is 54.6 Å². The lowest BCUT2D eigenvalue weighted by Gasteiger charge is -2.15. The first-order valence-electron chi connectivity index (χ1n) is 7.84.